The van der Waals surface area contributed by atoms with Crippen molar-refractivity contribution in [3.8, 4) is 6.07 Å². The Kier molecular flexibility index (Phi) is 5.63. The molecule has 0 saturated carbocycles. The second kappa shape index (κ2) is 7.81. The maximum absolute atomic E-state index is 13.0. The average molecular weight is 454 g/mol. The highest BCUT2D eigenvalue weighted by atomic mass is 79.9. The number of hydrogen-bond donors (Lipinski definition) is 2. The van der Waals surface area contributed by atoms with Gasteiger partial charge in [-0.1, -0.05) is 15.9 Å². The lowest BCUT2D eigenvalue weighted by atomic mass is 10.1. The van der Waals surface area contributed by atoms with Gasteiger partial charge < -0.3 is 15.3 Å². The molecule has 0 unspecified atom stereocenters. The molecular weight excluding hydrogens is 439 g/mol. The summed E-state index contributed by atoms with van der Waals surface area (Å²) in [7, 11) is 0. The maximum atomic E-state index is 13.0. The Labute approximate surface area is 167 Å². The number of carbonyl (C=O) groups is 1. The summed E-state index contributed by atoms with van der Waals surface area (Å²) in [5, 5.41) is 21.3. The summed E-state index contributed by atoms with van der Waals surface area (Å²) in [4.78, 5) is 14.1. The van der Waals surface area contributed by atoms with Gasteiger partial charge in [0, 0.05) is 22.4 Å². The quantitative estimate of drug-likeness (QED) is 0.739. The minimum atomic E-state index is -4.72. The number of benzene rings is 2. The Morgan fingerprint density at radius 1 is 1.32 bits per heavy atom. The van der Waals surface area contributed by atoms with Crippen LogP contribution in [0, 0.1) is 11.3 Å². The number of hydrogen-bond acceptors (Lipinski definition) is 4. The number of alkyl halides is 3. The summed E-state index contributed by atoms with van der Waals surface area (Å²) >= 11 is 3.39. The highest BCUT2D eigenvalue weighted by Gasteiger charge is 2.34. The van der Waals surface area contributed by atoms with E-state index in [2.05, 4.69) is 21.2 Å². The van der Waals surface area contributed by atoms with Crippen molar-refractivity contribution in [2.24, 2.45) is 0 Å². The van der Waals surface area contributed by atoms with Crippen LogP contribution in [0.1, 0.15) is 16.7 Å². The third-order valence-corrected chi connectivity index (χ3v) is 4.94. The molecule has 1 aliphatic rings. The van der Waals surface area contributed by atoms with Crippen LogP contribution in [0.2, 0.25) is 0 Å². The van der Waals surface area contributed by atoms with Gasteiger partial charge >= 0.3 is 6.18 Å². The first-order chi connectivity index (χ1) is 13.2. The van der Waals surface area contributed by atoms with Crippen LogP contribution in [0.15, 0.2) is 40.9 Å². The summed E-state index contributed by atoms with van der Waals surface area (Å²) in [5.41, 5.74) is 0.185. The van der Waals surface area contributed by atoms with Gasteiger partial charge in [-0.2, -0.15) is 18.4 Å². The Morgan fingerprint density at radius 3 is 2.75 bits per heavy atom. The van der Waals surface area contributed by atoms with Crippen molar-refractivity contribution in [2.75, 3.05) is 23.3 Å². The van der Waals surface area contributed by atoms with Crippen molar-refractivity contribution in [3.63, 3.8) is 0 Å². The van der Waals surface area contributed by atoms with E-state index in [0.29, 0.717) is 12.6 Å². The van der Waals surface area contributed by atoms with E-state index in [1.54, 1.807) is 0 Å². The van der Waals surface area contributed by atoms with Gasteiger partial charge in [-0.15, -0.1) is 0 Å². The van der Waals surface area contributed by atoms with Crippen LogP contribution in [-0.2, 0) is 17.4 Å². The molecule has 0 spiro atoms. The fourth-order valence-corrected chi connectivity index (χ4v) is 3.51. The van der Waals surface area contributed by atoms with E-state index < -0.39 is 29.3 Å². The number of anilines is 2. The third kappa shape index (κ3) is 4.29. The van der Waals surface area contributed by atoms with Gasteiger partial charge in [-0.05, 0) is 48.4 Å². The molecule has 28 heavy (non-hydrogen) atoms. The number of nitriles is 1. The summed E-state index contributed by atoms with van der Waals surface area (Å²) in [6, 6.07) is 10.1. The number of aliphatic hydroxyl groups excluding tert-OH is 1. The smallest absolute Gasteiger partial charge is 0.381 e. The molecule has 5 nitrogen and oxygen atoms in total. The van der Waals surface area contributed by atoms with Crippen LogP contribution in [-0.4, -0.2) is 30.2 Å². The van der Waals surface area contributed by atoms with Gasteiger partial charge in [0.15, 0.2) is 6.10 Å². The molecule has 1 amide bonds. The van der Waals surface area contributed by atoms with Crippen molar-refractivity contribution >= 4 is 33.2 Å². The van der Waals surface area contributed by atoms with E-state index in [9.17, 15) is 23.1 Å². The summed E-state index contributed by atoms with van der Waals surface area (Å²) in [5.74, 6) is -0.816. The molecule has 0 fully saturated rings. The molecular formula is C19H15BrF3N3O2. The molecule has 2 aromatic rings. The second-order valence-corrected chi connectivity index (χ2v) is 7.26. The van der Waals surface area contributed by atoms with Gasteiger partial charge in [0.2, 0.25) is 0 Å². The molecule has 2 aromatic carbocycles. The normalized spacial score (nSPS) is 14.4. The molecule has 0 radical (unpaired) electrons. The number of aliphatic hydroxyl groups is 1. The van der Waals surface area contributed by atoms with Crippen LogP contribution in [0.5, 0.6) is 0 Å². The number of nitrogens with zero attached hydrogens (tertiary/aromatic N) is 2. The van der Waals surface area contributed by atoms with E-state index >= 15 is 0 Å². The second-order valence-electron chi connectivity index (χ2n) is 6.34. The van der Waals surface area contributed by atoms with Crippen molar-refractivity contribution < 1.29 is 23.1 Å². The zero-order valence-electron chi connectivity index (χ0n) is 14.4. The first kappa shape index (κ1) is 20.2. The SMILES string of the molecule is N#Cc1ccc(NC(=O)[C@@H](O)CN2CCc3cc(Br)ccc32)cc1C(F)(F)F. The van der Waals surface area contributed by atoms with Gasteiger partial charge in [0.25, 0.3) is 5.91 Å². The number of nitrogens with one attached hydrogen (secondary N) is 1. The van der Waals surface area contributed by atoms with Crippen LogP contribution in [0.3, 0.4) is 0 Å². The van der Waals surface area contributed by atoms with Crippen molar-refractivity contribution in [1.82, 2.24) is 0 Å². The largest absolute Gasteiger partial charge is 0.417 e. The molecule has 2 N–H and O–H groups in total. The summed E-state index contributed by atoms with van der Waals surface area (Å²) in [6.07, 6.45) is -5.38. The summed E-state index contributed by atoms with van der Waals surface area (Å²) in [6.45, 7) is 0.647. The van der Waals surface area contributed by atoms with E-state index in [1.165, 1.54) is 12.1 Å². The van der Waals surface area contributed by atoms with Gasteiger partial charge in [0.1, 0.15) is 0 Å². The van der Waals surface area contributed by atoms with Crippen LogP contribution < -0.4 is 10.2 Å². The van der Waals surface area contributed by atoms with E-state index in [1.807, 2.05) is 23.1 Å². The Balaban J connectivity index is 1.70. The molecule has 1 aliphatic heterocycles. The number of halogens is 4. The zero-order chi connectivity index (χ0) is 20.5. The molecule has 0 bridgehead atoms. The Hall–Kier alpha value is -2.57. The van der Waals surface area contributed by atoms with Gasteiger partial charge in [0.05, 0.1) is 23.7 Å². The molecule has 0 saturated heterocycles. The predicted octanol–water partition coefficient (Wildman–Crippen LogP) is 3.70. The van der Waals surface area contributed by atoms with Crippen molar-refractivity contribution in [3.05, 3.63) is 57.6 Å². The first-order valence-electron chi connectivity index (χ1n) is 8.32. The van der Waals surface area contributed by atoms with Crippen LogP contribution in [0.25, 0.3) is 0 Å². The monoisotopic (exact) mass is 453 g/mol. The molecule has 1 atom stereocenters. The fraction of sp³-hybridized carbons (Fsp3) is 0.263. The first-order valence-corrected chi connectivity index (χ1v) is 9.12. The molecule has 9 heteroatoms. The molecule has 0 aliphatic carbocycles. The van der Waals surface area contributed by atoms with Crippen LogP contribution >= 0.6 is 15.9 Å². The standard InChI is InChI=1S/C19H15BrF3N3O2/c20-13-2-4-16-11(7-13)5-6-26(16)10-17(27)18(28)25-14-3-1-12(9-24)15(8-14)19(21,22)23/h1-4,7-8,17,27H,5-6,10H2,(H,25,28)/t17-/m0/s1. The lowest BCUT2D eigenvalue weighted by molar-refractivity contribution is -0.137. The number of fused-ring (bicyclic) bond motifs is 1. The number of carbonyl (C=O) groups excluding carboxylic acids is 1. The average Bonchev–Trinajstić information content (AvgIpc) is 3.02. The minimum absolute atomic E-state index is 0.0167. The highest BCUT2D eigenvalue weighted by Crippen LogP contribution is 2.34. The van der Waals surface area contributed by atoms with E-state index in [0.717, 1.165) is 28.2 Å². The number of β-amino-alcohol motifs (C(OH)–C–C–N with tert-alkyl or cyclic N) is 1. The Morgan fingerprint density at radius 2 is 2.07 bits per heavy atom. The topological polar surface area (TPSA) is 76.4 Å². The van der Waals surface area contributed by atoms with Crippen LogP contribution in [0.4, 0.5) is 24.5 Å². The lowest BCUT2D eigenvalue weighted by Crippen LogP contribution is -2.39. The fourth-order valence-electron chi connectivity index (χ4n) is 3.10. The third-order valence-electron chi connectivity index (χ3n) is 4.44. The van der Waals surface area contributed by atoms with E-state index in [4.69, 9.17) is 5.26 Å². The molecule has 3 rings (SSSR count). The predicted molar refractivity (Wildman–Crippen MR) is 101 cm³/mol. The molecule has 1 heterocycles. The number of rotatable bonds is 4. The molecule has 146 valence electrons. The minimum Gasteiger partial charge on any atom is -0.381 e. The number of amides is 1. The summed E-state index contributed by atoms with van der Waals surface area (Å²) < 4.78 is 40.0. The maximum Gasteiger partial charge on any atom is 0.417 e. The van der Waals surface area contributed by atoms with Gasteiger partial charge in [-0.25, -0.2) is 0 Å². The molecule has 0 aromatic heterocycles. The van der Waals surface area contributed by atoms with Crippen molar-refractivity contribution in [1.29, 1.82) is 5.26 Å². The highest BCUT2D eigenvalue weighted by molar-refractivity contribution is 9.10. The lowest BCUT2D eigenvalue weighted by Gasteiger charge is -2.22. The van der Waals surface area contributed by atoms with Gasteiger partial charge in [-0.3, -0.25) is 4.79 Å². The van der Waals surface area contributed by atoms with Crippen molar-refractivity contribution in [2.45, 2.75) is 18.7 Å². The zero-order valence-corrected chi connectivity index (χ0v) is 16.0. The Bertz CT molecular complexity index is 956. The van der Waals surface area contributed by atoms with E-state index in [-0.39, 0.29) is 12.2 Å².